The average Bonchev–Trinajstić information content (AvgIpc) is 2.86. The summed E-state index contributed by atoms with van der Waals surface area (Å²) in [5, 5.41) is 15.5. The Balaban J connectivity index is 1.93. The van der Waals surface area contributed by atoms with E-state index in [1.807, 2.05) is 0 Å². The third-order valence-corrected chi connectivity index (χ3v) is 3.80. The number of rotatable bonds is 3. The number of nitrogens with one attached hydrogen (secondary N) is 1. The summed E-state index contributed by atoms with van der Waals surface area (Å²) < 4.78 is 3.70. The van der Waals surface area contributed by atoms with Crippen LogP contribution in [0.1, 0.15) is 34.6 Å². The molecular weight excluding hydrogens is 242 g/mol. The first kappa shape index (κ1) is 12.0. The Morgan fingerprint density at radius 2 is 2.24 bits per heavy atom. The summed E-state index contributed by atoms with van der Waals surface area (Å²) in [6.07, 6.45) is 1.85. The summed E-state index contributed by atoms with van der Waals surface area (Å²) in [7, 11) is 0. The van der Waals surface area contributed by atoms with Crippen LogP contribution in [0.15, 0.2) is 0 Å². The van der Waals surface area contributed by atoms with Gasteiger partial charge < -0.3 is 10.4 Å². The van der Waals surface area contributed by atoms with Crippen LogP contribution in [-0.4, -0.2) is 32.6 Å². The first-order valence-corrected chi connectivity index (χ1v) is 6.18. The van der Waals surface area contributed by atoms with E-state index in [0.29, 0.717) is 29.8 Å². The van der Waals surface area contributed by atoms with Crippen molar-refractivity contribution in [1.82, 2.24) is 14.9 Å². The normalized spacial score (nSPS) is 23.6. The summed E-state index contributed by atoms with van der Waals surface area (Å²) >= 11 is 1.06. The lowest BCUT2D eigenvalue weighted by Gasteiger charge is -2.11. The first-order chi connectivity index (χ1) is 8.08. The molecule has 1 aliphatic rings. The third kappa shape index (κ3) is 2.60. The molecule has 92 valence electrons. The Bertz CT molecular complexity index is 446. The van der Waals surface area contributed by atoms with Gasteiger partial charge in [0.15, 0.2) is 0 Å². The summed E-state index contributed by atoms with van der Waals surface area (Å²) in [5.74, 6) is -1.31. The average molecular weight is 255 g/mol. The molecule has 2 rings (SSSR count). The van der Waals surface area contributed by atoms with Crippen LogP contribution < -0.4 is 5.32 Å². The highest BCUT2D eigenvalue weighted by Gasteiger charge is 2.31. The number of aromatic nitrogens is 2. The SMILES string of the molecule is Cc1nnsc1C(=O)NC1CCC(C(=O)O)C1. The molecule has 1 aromatic rings. The van der Waals surface area contributed by atoms with Crippen molar-refractivity contribution in [2.24, 2.45) is 5.92 Å². The van der Waals surface area contributed by atoms with Crippen LogP contribution in [0.3, 0.4) is 0 Å². The number of carboxylic acid groups (broad SMARTS) is 1. The Hall–Kier alpha value is -1.50. The van der Waals surface area contributed by atoms with Crippen LogP contribution in [0.2, 0.25) is 0 Å². The standard InChI is InChI=1S/C10H13N3O3S/c1-5-8(17-13-12-5)9(14)11-7-3-2-6(4-7)10(15)16/h6-7H,2-4H2,1H3,(H,11,14)(H,15,16). The van der Waals surface area contributed by atoms with E-state index in [1.165, 1.54) is 0 Å². The molecule has 1 amide bonds. The smallest absolute Gasteiger partial charge is 0.306 e. The molecule has 6 nitrogen and oxygen atoms in total. The number of carbonyl (C=O) groups is 2. The second-order valence-electron chi connectivity index (χ2n) is 4.21. The zero-order valence-electron chi connectivity index (χ0n) is 9.34. The molecular formula is C10H13N3O3S. The van der Waals surface area contributed by atoms with Gasteiger partial charge in [-0.15, -0.1) is 5.10 Å². The summed E-state index contributed by atoms with van der Waals surface area (Å²) in [6, 6.07) is -0.0508. The van der Waals surface area contributed by atoms with Crippen molar-refractivity contribution in [2.45, 2.75) is 32.2 Å². The van der Waals surface area contributed by atoms with E-state index in [-0.39, 0.29) is 17.9 Å². The Kier molecular flexibility index (Phi) is 3.37. The lowest BCUT2D eigenvalue weighted by molar-refractivity contribution is -0.141. The van der Waals surface area contributed by atoms with Gasteiger partial charge in [0.05, 0.1) is 11.6 Å². The minimum Gasteiger partial charge on any atom is -0.481 e. The Labute approximate surface area is 102 Å². The van der Waals surface area contributed by atoms with Gasteiger partial charge in [-0.2, -0.15) is 0 Å². The van der Waals surface area contributed by atoms with E-state index in [0.717, 1.165) is 11.5 Å². The number of hydrogen-bond donors (Lipinski definition) is 2. The molecule has 1 fully saturated rings. The van der Waals surface area contributed by atoms with E-state index in [1.54, 1.807) is 6.92 Å². The molecule has 7 heteroatoms. The lowest BCUT2D eigenvalue weighted by Crippen LogP contribution is -2.33. The number of amides is 1. The molecule has 2 unspecified atom stereocenters. The van der Waals surface area contributed by atoms with Gasteiger partial charge in [0.25, 0.3) is 5.91 Å². The fourth-order valence-corrected chi connectivity index (χ4v) is 2.59. The molecule has 0 bridgehead atoms. The topological polar surface area (TPSA) is 92.2 Å². The predicted molar refractivity (Wildman–Crippen MR) is 60.9 cm³/mol. The maximum absolute atomic E-state index is 11.8. The van der Waals surface area contributed by atoms with Crippen LogP contribution in [0.5, 0.6) is 0 Å². The van der Waals surface area contributed by atoms with E-state index >= 15 is 0 Å². The number of aliphatic carboxylic acids is 1. The molecule has 0 saturated heterocycles. The third-order valence-electron chi connectivity index (χ3n) is 2.97. The number of nitrogens with zero attached hydrogens (tertiary/aromatic N) is 2. The summed E-state index contributed by atoms with van der Waals surface area (Å²) in [5.41, 5.74) is 0.611. The molecule has 1 aliphatic carbocycles. The van der Waals surface area contributed by atoms with Crippen LogP contribution in [0.25, 0.3) is 0 Å². The molecule has 0 spiro atoms. The first-order valence-electron chi connectivity index (χ1n) is 5.40. The van der Waals surface area contributed by atoms with Crippen LogP contribution in [0, 0.1) is 12.8 Å². The second-order valence-corrected chi connectivity index (χ2v) is 4.96. The van der Waals surface area contributed by atoms with Gasteiger partial charge in [0.1, 0.15) is 4.88 Å². The van der Waals surface area contributed by atoms with Gasteiger partial charge in [-0.25, -0.2) is 0 Å². The number of carbonyl (C=O) groups excluding carboxylic acids is 1. The Morgan fingerprint density at radius 3 is 2.76 bits per heavy atom. The highest BCUT2D eigenvalue weighted by Crippen LogP contribution is 2.26. The highest BCUT2D eigenvalue weighted by molar-refractivity contribution is 7.08. The Morgan fingerprint density at radius 1 is 1.47 bits per heavy atom. The largest absolute Gasteiger partial charge is 0.481 e. The van der Waals surface area contributed by atoms with E-state index < -0.39 is 5.97 Å². The molecule has 0 aliphatic heterocycles. The van der Waals surface area contributed by atoms with Crippen molar-refractivity contribution in [3.63, 3.8) is 0 Å². The molecule has 0 aromatic carbocycles. The zero-order chi connectivity index (χ0) is 12.4. The van der Waals surface area contributed by atoms with Gasteiger partial charge in [0.2, 0.25) is 0 Å². The monoisotopic (exact) mass is 255 g/mol. The van der Waals surface area contributed by atoms with Crippen molar-refractivity contribution in [3.05, 3.63) is 10.6 Å². The predicted octanol–water partition coefficient (Wildman–Crippen LogP) is 0.830. The summed E-state index contributed by atoms with van der Waals surface area (Å²) in [4.78, 5) is 23.1. The summed E-state index contributed by atoms with van der Waals surface area (Å²) in [6.45, 7) is 1.73. The quantitative estimate of drug-likeness (QED) is 0.834. The van der Waals surface area contributed by atoms with Crippen LogP contribution in [-0.2, 0) is 4.79 Å². The van der Waals surface area contributed by atoms with Crippen molar-refractivity contribution in [3.8, 4) is 0 Å². The number of carboxylic acids is 1. The maximum atomic E-state index is 11.8. The minimum atomic E-state index is -0.780. The molecule has 17 heavy (non-hydrogen) atoms. The van der Waals surface area contributed by atoms with Gasteiger partial charge in [-0.05, 0) is 37.7 Å². The molecule has 1 heterocycles. The van der Waals surface area contributed by atoms with Gasteiger partial charge in [-0.1, -0.05) is 4.49 Å². The van der Waals surface area contributed by atoms with E-state index in [9.17, 15) is 9.59 Å². The van der Waals surface area contributed by atoms with Gasteiger partial charge >= 0.3 is 5.97 Å². The number of aryl methyl sites for hydroxylation is 1. The number of hydrogen-bond acceptors (Lipinski definition) is 5. The molecule has 1 saturated carbocycles. The highest BCUT2D eigenvalue weighted by atomic mass is 32.1. The fraction of sp³-hybridized carbons (Fsp3) is 0.600. The van der Waals surface area contributed by atoms with Crippen molar-refractivity contribution in [2.75, 3.05) is 0 Å². The fourth-order valence-electron chi connectivity index (χ4n) is 2.03. The van der Waals surface area contributed by atoms with Crippen molar-refractivity contribution in [1.29, 1.82) is 0 Å². The maximum Gasteiger partial charge on any atom is 0.306 e. The minimum absolute atomic E-state index is 0.0508. The molecule has 2 N–H and O–H groups in total. The van der Waals surface area contributed by atoms with Gasteiger partial charge in [0, 0.05) is 6.04 Å². The van der Waals surface area contributed by atoms with Gasteiger partial charge in [-0.3, -0.25) is 9.59 Å². The van der Waals surface area contributed by atoms with Crippen molar-refractivity contribution < 1.29 is 14.7 Å². The molecule has 2 atom stereocenters. The molecule has 1 aromatic heterocycles. The van der Waals surface area contributed by atoms with Crippen molar-refractivity contribution >= 4 is 23.4 Å². The van der Waals surface area contributed by atoms with Crippen LogP contribution in [0.4, 0.5) is 0 Å². The van der Waals surface area contributed by atoms with E-state index in [4.69, 9.17) is 5.11 Å². The second kappa shape index (κ2) is 4.79. The lowest BCUT2D eigenvalue weighted by atomic mass is 10.1. The van der Waals surface area contributed by atoms with E-state index in [2.05, 4.69) is 14.9 Å². The zero-order valence-corrected chi connectivity index (χ0v) is 10.2. The molecule has 0 radical (unpaired) electrons. The van der Waals surface area contributed by atoms with Crippen LogP contribution >= 0.6 is 11.5 Å².